The molecule has 1 fully saturated rings. The molecule has 1 atom stereocenters. The van der Waals surface area contributed by atoms with Crippen molar-refractivity contribution in [2.24, 2.45) is 0 Å². The molecule has 0 aliphatic carbocycles. The topological polar surface area (TPSA) is 56.9 Å². The van der Waals surface area contributed by atoms with Gasteiger partial charge >= 0.3 is 0 Å². The smallest absolute Gasteiger partial charge is 0.289 e. The number of benzene rings is 1. The molecule has 2 aromatic rings. The molecule has 1 aliphatic rings. The van der Waals surface area contributed by atoms with Gasteiger partial charge in [0.15, 0.2) is 5.76 Å². The van der Waals surface area contributed by atoms with Crippen LogP contribution in [0.3, 0.4) is 0 Å². The van der Waals surface area contributed by atoms with Crippen LogP contribution in [-0.4, -0.2) is 53.5 Å². The molecular formula is C17H19ClN2O3. The third-order valence-corrected chi connectivity index (χ3v) is 4.33. The van der Waals surface area contributed by atoms with E-state index in [-0.39, 0.29) is 5.91 Å². The zero-order chi connectivity index (χ0) is 16.2. The van der Waals surface area contributed by atoms with Gasteiger partial charge in [0.05, 0.1) is 12.4 Å². The molecule has 0 radical (unpaired) electrons. The van der Waals surface area contributed by atoms with Gasteiger partial charge in [-0.15, -0.1) is 0 Å². The van der Waals surface area contributed by atoms with Crippen LogP contribution in [0.15, 0.2) is 47.1 Å². The van der Waals surface area contributed by atoms with E-state index in [1.54, 1.807) is 29.2 Å². The van der Waals surface area contributed by atoms with E-state index in [2.05, 4.69) is 4.90 Å². The molecule has 0 spiro atoms. The molecular weight excluding hydrogens is 316 g/mol. The SMILES string of the molecule is O=C(c1ccco1)N1CCN(CC(O)c2ccc(Cl)cc2)CC1. The molecule has 5 nitrogen and oxygen atoms in total. The number of furan rings is 1. The van der Waals surface area contributed by atoms with E-state index < -0.39 is 6.10 Å². The van der Waals surface area contributed by atoms with Gasteiger partial charge < -0.3 is 14.4 Å². The summed E-state index contributed by atoms with van der Waals surface area (Å²) in [6.07, 6.45) is 0.950. The molecule has 122 valence electrons. The molecule has 1 aromatic heterocycles. The Morgan fingerprint density at radius 2 is 1.87 bits per heavy atom. The van der Waals surface area contributed by atoms with E-state index >= 15 is 0 Å². The van der Waals surface area contributed by atoms with E-state index in [0.29, 0.717) is 30.4 Å². The fourth-order valence-electron chi connectivity index (χ4n) is 2.72. The van der Waals surface area contributed by atoms with Gasteiger partial charge in [-0.3, -0.25) is 9.69 Å². The van der Waals surface area contributed by atoms with Crippen LogP contribution in [0.4, 0.5) is 0 Å². The number of aliphatic hydroxyl groups excluding tert-OH is 1. The van der Waals surface area contributed by atoms with Crippen molar-refractivity contribution in [1.29, 1.82) is 0 Å². The number of nitrogens with zero attached hydrogens (tertiary/aromatic N) is 2. The first-order valence-corrected chi connectivity index (χ1v) is 8.00. The second kappa shape index (κ2) is 7.17. The highest BCUT2D eigenvalue weighted by molar-refractivity contribution is 6.30. The Bertz CT molecular complexity index is 634. The van der Waals surface area contributed by atoms with Crippen molar-refractivity contribution >= 4 is 17.5 Å². The number of aliphatic hydroxyl groups is 1. The van der Waals surface area contributed by atoms with Crippen molar-refractivity contribution in [3.05, 3.63) is 59.0 Å². The summed E-state index contributed by atoms with van der Waals surface area (Å²) in [6, 6.07) is 10.6. The highest BCUT2D eigenvalue weighted by Gasteiger charge is 2.24. The molecule has 23 heavy (non-hydrogen) atoms. The zero-order valence-corrected chi connectivity index (χ0v) is 13.4. The minimum Gasteiger partial charge on any atom is -0.459 e. The standard InChI is InChI=1S/C17H19ClN2O3/c18-14-5-3-13(4-6-14)15(21)12-19-7-9-20(10-8-19)17(22)16-2-1-11-23-16/h1-6,11,15,21H,7-10,12H2. The first kappa shape index (κ1) is 16.1. The lowest BCUT2D eigenvalue weighted by Crippen LogP contribution is -2.49. The number of rotatable bonds is 4. The molecule has 1 aliphatic heterocycles. The predicted molar refractivity (Wildman–Crippen MR) is 87.5 cm³/mol. The fourth-order valence-corrected chi connectivity index (χ4v) is 2.85. The van der Waals surface area contributed by atoms with Gasteiger partial charge in [0.1, 0.15) is 0 Å². The van der Waals surface area contributed by atoms with E-state index in [4.69, 9.17) is 16.0 Å². The Morgan fingerprint density at radius 3 is 2.48 bits per heavy atom. The quantitative estimate of drug-likeness (QED) is 0.933. The van der Waals surface area contributed by atoms with E-state index in [9.17, 15) is 9.90 Å². The van der Waals surface area contributed by atoms with Gasteiger partial charge in [-0.05, 0) is 29.8 Å². The first-order valence-electron chi connectivity index (χ1n) is 7.62. The molecule has 0 bridgehead atoms. The third-order valence-electron chi connectivity index (χ3n) is 4.08. The number of carbonyl (C=O) groups excluding carboxylic acids is 1. The summed E-state index contributed by atoms with van der Waals surface area (Å²) < 4.78 is 5.15. The second-order valence-corrected chi connectivity index (χ2v) is 6.07. The van der Waals surface area contributed by atoms with E-state index in [1.807, 2.05) is 12.1 Å². The van der Waals surface area contributed by atoms with Crippen molar-refractivity contribution in [2.45, 2.75) is 6.10 Å². The Morgan fingerprint density at radius 1 is 1.17 bits per heavy atom. The summed E-state index contributed by atoms with van der Waals surface area (Å²) in [5.74, 6) is 0.299. The summed E-state index contributed by atoms with van der Waals surface area (Å²) in [4.78, 5) is 16.1. The summed E-state index contributed by atoms with van der Waals surface area (Å²) in [6.45, 7) is 3.28. The van der Waals surface area contributed by atoms with Crippen molar-refractivity contribution < 1.29 is 14.3 Å². The Labute approximate surface area is 140 Å². The average Bonchev–Trinajstić information content (AvgIpc) is 3.10. The average molecular weight is 335 g/mol. The number of hydrogen-bond donors (Lipinski definition) is 1. The number of piperazine rings is 1. The third kappa shape index (κ3) is 3.93. The first-order chi connectivity index (χ1) is 11.1. The van der Waals surface area contributed by atoms with Gasteiger partial charge in [-0.2, -0.15) is 0 Å². The highest BCUT2D eigenvalue weighted by atomic mass is 35.5. The van der Waals surface area contributed by atoms with E-state index in [1.165, 1.54) is 6.26 Å². The monoisotopic (exact) mass is 334 g/mol. The summed E-state index contributed by atoms with van der Waals surface area (Å²) in [5.41, 5.74) is 0.850. The number of carbonyl (C=O) groups is 1. The van der Waals surface area contributed by atoms with Crippen LogP contribution in [0.25, 0.3) is 0 Å². The van der Waals surface area contributed by atoms with E-state index in [0.717, 1.165) is 18.7 Å². The van der Waals surface area contributed by atoms with Crippen molar-refractivity contribution in [1.82, 2.24) is 9.80 Å². The fraction of sp³-hybridized carbons (Fsp3) is 0.353. The number of β-amino-alcohol motifs (C(OH)–C–C–N with tert-alkyl or cyclic N) is 1. The molecule has 2 heterocycles. The maximum Gasteiger partial charge on any atom is 0.289 e. The van der Waals surface area contributed by atoms with Gasteiger partial charge in [0.2, 0.25) is 0 Å². The molecule has 6 heteroatoms. The van der Waals surface area contributed by atoms with Crippen LogP contribution in [0.1, 0.15) is 22.2 Å². The van der Waals surface area contributed by atoms with Gasteiger partial charge in [0.25, 0.3) is 5.91 Å². The van der Waals surface area contributed by atoms with Crippen LogP contribution < -0.4 is 0 Å². The number of hydrogen-bond acceptors (Lipinski definition) is 4. The Hall–Kier alpha value is -1.82. The lowest BCUT2D eigenvalue weighted by molar-refractivity contribution is 0.0503. The summed E-state index contributed by atoms with van der Waals surface area (Å²) in [7, 11) is 0. The minimum absolute atomic E-state index is 0.0760. The van der Waals surface area contributed by atoms with Gasteiger partial charge in [0, 0.05) is 37.7 Å². The molecule has 1 saturated heterocycles. The molecule has 1 unspecified atom stereocenters. The summed E-state index contributed by atoms with van der Waals surface area (Å²) >= 11 is 5.86. The van der Waals surface area contributed by atoms with Crippen LogP contribution in [0.5, 0.6) is 0 Å². The Kier molecular flexibility index (Phi) is 5.00. The van der Waals surface area contributed by atoms with Crippen LogP contribution in [0.2, 0.25) is 5.02 Å². The molecule has 1 amide bonds. The number of amides is 1. The molecule has 3 rings (SSSR count). The lowest BCUT2D eigenvalue weighted by Gasteiger charge is -2.35. The van der Waals surface area contributed by atoms with Crippen molar-refractivity contribution in [3.63, 3.8) is 0 Å². The second-order valence-electron chi connectivity index (χ2n) is 5.64. The predicted octanol–water partition coefficient (Wildman–Crippen LogP) is 2.42. The van der Waals surface area contributed by atoms with Crippen molar-refractivity contribution in [2.75, 3.05) is 32.7 Å². The normalized spacial score (nSPS) is 17.2. The maximum atomic E-state index is 12.2. The van der Waals surface area contributed by atoms with Crippen LogP contribution >= 0.6 is 11.6 Å². The van der Waals surface area contributed by atoms with Crippen LogP contribution in [0, 0.1) is 0 Å². The largest absolute Gasteiger partial charge is 0.459 e. The Balaban J connectivity index is 1.51. The molecule has 1 N–H and O–H groups in total. The van der Waals surface area contributed by atoms with Crippen LogP contribution in [-0.2, 0) is 0 Å². The summed E-state index contributed by atoms with van der Waals surface area (Å²) in [5, 5.41) is 11.0. The molecule has 1 aromatic carbocycles. The van der Waals surface area contributed by atoms with Crippen molar-refractivity contribution in [3.8, 4) is 0 Å². The maximum absolute atomic E-state index is 12.2. The van der Waals surface area contributed by atoms with Gasteiger partial charge in [-0.1, -0.05) is 23.7 Å². The number of halogens is 1. The lowest BCUT2D eigenvalue weighted by atomic mass is 10.1. The highest BCUT2D eigenvalue weighted by Crippen LogP contribution is 2.18. The molecule has 0 saturated carbocycles. The zero-order valence-electron chi connectivity index (χ0n) is 12.7. The minimum atomic E-state index is -0.556. The van der Waals surface area contributed by atoms with Gasteiger partial charge in [-0.25, -0.2) is 0 Å².